The van der Waals surface area contributed by atoms with Crippen LogP contribution in [-0.4, -0.2) is 49.7 Å². The smallest absolute Gasteiger partial charge is 0.228 e. The Labute approximate surface area is 194 Å². The first-order valence-corrected chi connectivity index (χ1v) is 11.4. The van der Waals surface area contributed by atoms with E-state index < -0.39 is 0 Å². The van der Waals surface area contributed by atoms with Crippen LogP contribution in [0.25, 0.3) is 11.0 Å². The number of anilines is 1. The van der Waals surface area contributed by atoms with Crippen LogP contribution in [0.15, 0.2) is 23.2 Å². The summed E-state index contributed by atoms with van der Waals surface area (Å²) in [6.07, 6.45) is 0. The molecular formula is C24H36N6O3. The van der Waals surface area contributed by atoms with Crippen molar-refractivity contribution in [1.29, 1.82) is 0 Å². The van der Waals surface area contributed by atoms with Gasteiger partial charge in [-0.1, -0.05) is 39.8 Å². The predicted molar refractivity (Wildman–Crippen MR) is 130 cm³/mol. The average Bonchev–Trinajstić information content (AvgIpc) is 3.21. The number of para-hydroxylation sites is 1. The number of fused-ring (bicyclic) bond motifs is 1. The number of H-pyrrole nitrogens is 1. The molecule has 0 aliphatic rings. The normalized spacial score (nSPS) is 13.5. The van der Waals surface area contributed by atoms with Gasteiger partial charge in [0.15, 0.2) is 22.8 Å². The summed E-state index contributed by atoms with van der Waals surface area (Å²) in [5, 5.41) is 31.5. The molecule has 2 heterocycles. The van der Waals surface area contributed by atoms with E-state index in [9.17, 15) is 10.2 Å². The van der Waals surface area contributed by atoms with Crippen molar-refractivity contribution in [3.8, 4) is 11.5 Å². The zero-order valence-corrected chi connectivity index (χ0v) is 20.5. The number of aliphatic hydroxyl groups is 1. The van der Waals surface area contributed by atoms with Crippen LogP contribution in [0, 0.1) is 5.92 Å². The number of rotatable bonds is 9. The summed E-state index contributed by atoms with van der Waals surface area (Å²) in [5.41, 5.74) is 3.85. The lowest BCUT2D eigenvalue weighted by Gasteiger charge is -2.19. The number of aromatic amines is 1. The number of hydrogen-bond donors (Lipinski definition) is 4. The Morgan fingerprint density at radius 2 is 1.91 bits per heavy atom. The maximum atomic E-state index is 10.5. The van der Waals surface area contributed by atoms with Gasteiger partial charge in [0.25, 0.3) is 0 Å². The lowest BCUT2D eigenvalue weighted by molar-refractivity contribution is 0.235. The van der Waals surface area contributed by atoms with Gasteiger partial charge in [-0.2, -0.15) is 10.1 Å². The number of nitrogens with one attached hydrogen (secondary N) is 2. The van der Waals surface area contributed by atoms with Gasteiger partial charge in [0.05, 0.1) is 31.0 Å². The van der Waals surface area contributed by atoms with Crippen molar-refractivity contribution in [2.75, 3.05) is 19.0 Å². The van der Waals surface area contributed by atoms with Gasteiger partial charge in [-0.15, -0.1) is 0 Å². The lowest BCUT2D eigenvalue weighted by Crippen LogP contribution is -2.32. The Kier molecular flexibility index (Phi) is 7.63. The molecule has 0 aliphatic heterocycles. The molecule has 33 heavy (non-hydrogen) atoms. The molecule has 0 fully saturated rings. The molecule has 4 N–H and O–H groups in total. The van der Waals surface area contributed by atoms with Crippen molar-refractivity contribution in [2.45, 2.75) is 66.1 Å². The fourth-order valence-corrected chi connectivity index (χ4v) is 3.77. The van der Waals surface area contributed by atoms with E-state index in [4.69, 9.17) is 14.7 Å². The van der Waals surface area contributed by atoms with E-state index in [1.54, 1.807) is 6.07 Å². The fraction of sp³-hybridized carbons (Fsp3) is 0.542. The predicted octanol–water partition coefficient (Wildman–Crippen LogP) is 3.71. The molecule has 3 rings (SSSR count). The first-order chi connectivity index (χ1) is 15.7. The molecule has 0 spiro atoms. The van der Waals surface area contributed by atoms with Crippen molar-refractivity contribution in [3.05, 3.63) is 35.1 Å². The Morgan fingerprint density at radius 1 is 1.18 bits per heavy atom. The second-order valence-electron chi connectivity index (χ2n) is 9.16. The van der Waals surface area contributed by atoms with E-state index >= 15 is 0 Å². The highest BCUT2D eigenvalue weighted by Gasteiger charge is 2.21. The number of methoxy groups -OCH3 is 1. The van der Waals surface area contributed by atoms with Gasteiger partial charge in [0.2, 0.25) is 5.62 Å². The van der Waals surface area contributed by atoms with E-state index in [1.807, 2.05) is 26.0 Å². The number of ether oxygens (including phenoxy) is 1. The van der Waals surface area contributed by atoms with Crippen LogP contribution in [0.3, 0.4) is 0 Å². The SMILES string of the molecule is COc1cccc(CNc2nc(=NC(CO)C(C)C)n(C(C)C)c3c(C(C)C)[nH]nc23)c1O. The van der Waals surface area contributed by atoms with Crippen molar-refractivity contribution in [1.82, 2.24) is 19.7 Å². The van der Waals surface area contributed by atoms with Crippen molar-refractivity contribution in [2.24, 2.45) is 10.9 Å². The molecule has 0 radical (unpaired) electrons. The summed E-state index contributed by atoms with van der Waals surface area (Å²) >= 11 is 0. The molecule has 180 valence electrons. The summed E-state index contributed by atoms with van der Waals surface area (Å²) < 4.78 is 7.30. The van der Waals surface area contributed by atoms with Crippen LogP contribution in [0.5, 0.6) is 11.5 Å². The third-order valence-corrected chi connectivity index (χ3v) is 5.74. The Bertz CT molecular complexity index is 1160. The van der Waals surface area contributed by atoms with E-state index in [1.165, 1.54) is 7.11 Å². The number of aromatic hydroxyl groups is 1. The second kappa shape index (κ2) is 10.2. The molecule has 1 atom stereocenters. The van der Waals surface area contributed by atoms with Crippen LogP contribution in [-0.2, 0) is 6.54 Å². The van der Waals surface area contributed by atoms with E-state index in [2.05, 4.69) is 47.8 Å². The monoisotopic (exact) mass is 456 g/mol. The molecule has 3 aromatic rings. The van der Waals surface area contributed by atoms with Crippen LogP contribution in [0.4, 0.5) is 5.82 Å². The zero-order valence-electron chi connectivity index (χ0n) is 20.5. The van der Waals surface area contributed by atoms with Crippen LogP contribution in [0.1, 0.15) is 64.8 Å². The highest BCUT2D eigenvalue weighted by atomic mass is 16.5. The summed E-state index contributed by atoms with van der Waals surface area (Å²) in [5.74, 6) is 1.44. The zero-order chi connectivity index (χ0) is 24.3. The van der Waals surface area contributed by atoms with Crippen molar-refractivity contribution >= 4 is 16.9 Å². The molecule has 2 aromatic heterocycles. The average molecular weight is 457 g/mol. The maximum Gasteiger partial charge on any atom is 0.228 e. The molecule has 0 aliphatic carbocycles. The molecule has 1 aromatic carbocycles. The number of hydrogen-bond acceptors (Lipinski definition) is 7. The molecule has 0 saturated heterocycles. The number of aliphatic hydroxyl groups excluding tert-OH is 1. The number of nitrogens with zero attached hydrogens (tertiary/aromatic N) is 4. The van der Waals surface area contributed by atoms with Gasteiger partial charge in [0, 0.05) is 18.2 Å². The summed E-state index contributed by atoms with van der Waals surface area (Å²) in [6, 6.07) is 5.18. The highest BCUT2D eigenvalue weighted by molar-refractivity contribution is 5.87. The molecule has 0 amide bonds. The first-order valence-electron chi connectivity index (χ1n) is 11.4. The standard InChI is InChI=1S/C24H36N6O3/c1-13(2)17(12-31)26-24-27-23(25-11-16-9-8-10-18(33-7)22(16)32)20-21(30(24)15(5)6)19(14(3)4)28-29-20/h8-10,13-15,17,31-32H,11-12H2,1-7H3,(H,28,29)(H,25,26,27). The van der Waals surface area contributed by atoms with Crippen molar-refractivity contribution in [3.63, 3.8) is 0 Å². The van der Waals surface area contributed by atoms with E-state index in [0.717, 1.165) is 11.2 Å². The maximum absolute atomic E-state index is 10.5. The van der Waals surface area contributed by atoms with E-state index in [-0.39, 0.29) is 36.3 Å². The minimum absolute atomic E-state index is 0.0572. The van der Waals surface area contributed by atoms with Crippen LogP contribution >= 0.6 is 0 Å². The van der Waals surface area contributed by atoms with Gasteiger partial charge < -0.3 is 24.8 Å². The van der Waals surface area contributed by atoms with Gasteiger partial charge >= 0.3 is 0 Å². The Morgan fingerprint density at radius 3 is 2.48 bits per heavy atom. The van der Waals surface area contributed by atoms with Gasteiger partial charge in [-0.3, -0.25) is 5.10 Å². The quantitative estimate of drug-likeness (QED) is 0.390. The molecule has 0 bridgehead atoms. The van der Waals surface area contributed by atoms with Crippen LogP contribution < -0.4 is 15.7 Å². The highest BCUT2D eigenvalue weighted by Crippen LogP contribution is 2.31. The number of phenols is 1. The summed E-state index contributed by atoms with van der Waals surface area (Å²) in [7, 11) is 1.52. The van der Waals surface area contributed by atoms with Gasteiger partial charge in [-0.25, -0.2) is 4.99 Å². The third-order valence-electron chi connectivity index (χ3n) is 5.74. The Balaban J connectivity index is 2.21. The topological polar surface area (TPSA) is 121 Å². The van der Waals surface area contributed by atoms with Crippen LogP contribution in [0.2, 0.25) is 0 Å². The number of aromatic nitrogens is 4. The van der Waals surface area contributed by atoms with Gasteiger partial charge in [-0.05, 0) is 31.7 Å². The minimum atomic E-state index is -0.273. The second-order valence-corrected chi connectivity index (χ2v) is 9.16. The Hall–Kier alpha value is -3.07. The summed E-state index contributed by atoms with van der Waals surface area (Å²) in [6.45, 7) is 12.7. The largest absolute Gasteiger partial charge is 0.504 e. The lowest BCUT2D eigenvalue weighted by atomic mass is 10.1. The summed E-state index contributed by atoms with van der Waals surface area (Å²) in [4.78, 5) is 9.67. The first kappa shape index (κ1) is 24.6. The third kappa shape index (κ3) is 4.98. The number of phenolic OH excluding ortho intramolecular Hbond substituents is 1. The minimum Gasteiger partial charge on any atom is -0.504 e. The van der Waals surface area contributed by atoms with Crippen molar-refractivity contribution < 1.29 is 14.9 Å². The molecule has 1 unspecified atom stereocenters. The fourth-order valence-electron chi connectivity index (χ4n) is 3.77. The van der Waals surface area contributed by atoms with E-state index in [0.29, 0.717) is 34.8 Å². The molecule has 9 heteroatoms. The number of benzene rings is 1. The van der Waals surface area contributed by atoms with Gasteiger partial charge in [0.1, 0.15) is 0 Å². The molecule has 9 nitrogen and oxygen atoms in total. The molecular weight excluding hydrogens is 420 g/mol. The molecule has 0 saturated carbocycles.